The van der Waals surface area contributed by atoms with Crippen molar-refractivity contribution < 1.29 is 5.11 Å². The molecule has 3 nitrogen and oxygen atoms in total. The number of hydrogen-bond acceptors (Lipinski definition) is 3. The SMILES string of the molecule is CC(CO)N(C)Cc1ccccc1N(C)C. The lowest BCUT2D eigenvalue weighted by molar-refractivity contribution is 0.154. The van der Waals surface area contributed by atoms with Crippen molar-refractivity contribution in [3.63, 3.8) is 0 Å². The molecule has 0 bridgehead atoms. The summed E-state index contributed by atoms with van der Waals surface area (Å²) in [5, 5.41) is 9.11. The van der Waals surface area contributed by atoms with E-state index < -0.39 is 0 Å². The molecule has 0 saturated heterocycles. The van der Waals surface area contributed by atoms with Gasteiger partial charge < -0.3 is 10.0 Å². The summed E-state index contributed by atoms with van der Waals surface area (Å²) in [6, 6.07) is 8.55. The summed E-state index contributed by atoms with van der Waals surface area (Å²) in [6.07, 6.45) is 0. The van der Waals surface area contributed by atoms with Crippen molar-refractivity contribution in [3.8, 4) is 0 Å². The molecule has 0 heterocycles. The smallest absolute Gasteiger partial charge is 0.0584 e. The normalized spacial score (nSPS) is 12.9. The molecule has 16 heavy (non-hydrogen) atoms. The average Bonchev–Trinajstić information content (AvgIpc) is 2.28. The van der Waals surface area contributed by atoms with E-state index in [4.69, 9.17) is 5.11 Å². The van der Waals surface area contributed by atoms with E-state index in [1.165, 1.54) is 11.3 Å². The maximum absolute atomic E-state index is 9.11. The van der Waals surface area contributed by atoms with E-state index in [0.29, 0.717) is 0 Å². The Labute approximate surface area is 98.3 Å². The molecule has 0 amide bonds. The van der Waals surface area contributed by atoms with Gasteiger partial charge in [0.2, 0.25) is 0 Å². The fraction of sp³-hybridized carbons (Fsp3) is 0.538. The second-order valence-electron chi connectivity index (χ2n) is 4.47. The summed E-state index contributed by atoms with van der Waals surface area (Å²) in [5.74, 6) is 0. The van der Waals surface area contributed by atoms with Crippen LogP contribution in [0.3, 0.4) is 0 Å². The Bertz CT molecular complexity index is 325. The molecule has 1 aromatic carbocycles. The minimum Gasteiger partial charge on any atom is -0.395 e. The monoisotopic (exact) mass is 222 g/mol. The highest BCUT2D eigenvalue weighted by Crippen LogP contribution is 2.19. The van der Waals surface area contributed by atoms with Crippen LogP contribution in [0, 0.1) is 0 Å². The van der Waals surface area contributed by atoms with Crippen molar-refractivity contribution in [2.24, 2.45) is 0 Å². The Morgan fingerprint density at radius 3 is 2.38 bits per heavy atom. The van der Waals surface area contributed by atoms with Crippen molar-refractivity contribution >= 4 is 5.69 Å². The summed E-state index contributed by atoms with van der Waals surface area (Å²) in [5.41, 5.74) is 2.52. The number of likely N-dealkylation sites (N-methyl/N-ethyl adjacent to an activating group) is 1. The van der Waals surface area contributed by atoms with Crippen molar-refractivity contribution in [2.75, 3.05) is 32.6 Å². The summed E-state index contributed by atoms with van der Waals surface area (Å²) in [6.45, 7) is 3.08. The van der Waals surface area contributed by atoms with E-state index >= 15 is 0 Å². The standard InChI is InChI=1S/C13H22N2O/c1-11(10-16)15(4)9-12-7-5-6-8-13(12)14(2)3/h5-8,11,16H,9-10H2,1-4H3. The second-order valence-corrected chi connectivity index (χ2v) is 4.47. The first-order chi connectivity index (χ1) is 7.56. The Kier molecular flexibility index (Phi) is 4.77. The molecule has 90 valence electrons. The van der Waals surface area contributed by atoms with Gasteiger partial charge in [0.1, 0.15) is 0 Å². The van der Waals surface area contributed by atoms with Crippen molar-refractivity contribution in [2.45, 2.75) is 19.5 Å². The number of aliphatic hydroxyl groups is 1. The van der Waals surface area contributed by atoms with Gasteiger partial charge in [0.15, 0.2) is 0 Å². The number of hydrogen-bond donors (Lipinski definition) is 1. The minimum absolute atomic E-state index is 0.190. The van der Waals surface area contributed by atoms with Crippen molar-refractivity contribution in [1.82, 2.24) is 4.90 Å². The van der Waals surface area contributed by atoms with Crippen LogP contribution >= 0.6 is 0 Å². The van der Waals surface area contributed by atoms with E-state index in [1.807, 2.05) is 34.1 Å². The van der Waals surface area contributed by atoms with Crippen LogP contribution in [0.5, 0.6) is 0 Å². The fourth-order valence-corrected chi connectivity index (χ4v) is 1.64. The van der Waals surface area contributed by atoms with Crippen LogP contribution in [0.15, 0.2) is 24.3 Å². The number of anilines is 1. The molecule has 1 rings (SSSR count). The van der Waals surface area contributed by atoms with E-state index in [0.717, 1.165) is 6.54 Å². The highest BCUT2D eigenvalue weighted by Gasteiger charge is 2.11. The molecule has 3 heteroatoms. The predicted octanol–water partition coefficient (Wildman–Crippen LogP) is 1.57. The van der Waals surface area contributed by atoms with Gasteiger partial charge in [-0.15, -0.1) is 0 Å². The average molecular weight is 222 g/mol. The van der Waals surface area contributed by atoms with E-state index in [9.17, 15) is 0 Å². The highest BCUT2D eigenvalue weighted by molar-refractivity contribution is 5.52. The topological polar surface area (TPSA) is 26.7 Å². The summed E-state index contributed by atoms with van der Waals surface area (Å²) in [7, 11) is 6.13. The Morgan fingerprint density at radius 1 is 1.19 bits per heavy atom. The maximum Gasteiger partial charge on any atom is 0.0584 e. The lowest BCUT2D eigenvalue weighted by Gasteiger charge is -2.25. The lowest BCUT2D eigenvalue weighted by atomic mass is 10.1. The lowest BCUT2D eigenvalue weighted by Crippen LogP contribution is -2.31. The van der Waals surface area contributed by atoms with Gasteiger partial charge in [-0.25, -0.2) is 0 Å². The molecule has 0 radical (unpaired) electrons. The van der Waals surface area contributed by atoms with E-state index in [1.54, 1.807) is 0 Å². The molecule has 0 saturated carbocycles. The van der Waals surface area contributed by atoms with Crippen LogP contribution in [0.25, 0.3) is 0 Å². The third-order valence-electron chi connectivity index (χ3n) is 2.91. The van der Waals surface area contributed by atoms with Crippen molar-refractivity contribution in [3.05, 3.63) is 29.8 Å². The fourth-order valence-electron chi connectivity index (χ4n) is 1.64. The van der Waals surface area contributed by atoms with Crippen LogP contribution in [0.4, 0.5) is 5.69 Å². The minimum atomic E-state index is 0.190. The van der Waals surface area contributed by atoms with E-state index in [2.05, 4.69) is 28.0 Å². The molecular formula is C13H22N2O. The molecule has 1 unspecified atom stereocenters. The quantitative estimate of drug-likeness (QED) is 0.819. The second kappa shape index (κ2) is 5.87. The van der Waals surface area contributed by atoms with Gasteiger partial charge in [-0.3, -0.25) is 4.90 Å². The summed E-state index contributed by atoms with van der Waals surface area (Å²) < 4.78 is 0. The molecule has 0 aliphatic rings. The zero-order valence-electron chi connectivity index (χ0n) is 10.6. The van der Waals surface area contributed by atoms with Crippen molar-refractivity contribution in [1.29, 1.82) is 0 Å². The number of aliphatic hydroxyl groups excluding tert-OH is 1. The molecule has 0 spiro atoms. The van der Waals surface area contributed by atoms with E-state index in [-0.39, 0.29) is 12.6 Å². The van der Waals surface area contributed by atoms with Crippen LogP contribution in [0.2, 0.25) is 0 Å². The number of rotatable bonds is 5. The molecule has 0 aromatic heterocycles. The largest absolute Gasteiger partial charge is 0.395 e. The number of nitrogens with zero attached hydrogens (tertiary/aromatic N) is 2. The zero-order chi connectivity index (χ0) is 12.1. The number of benzene rings is 1. The van der Waals surface area contributed by atoms with Crippen LogP contribution in [0.1, 0.15) is 12.5 Å². The summed E-state index contributed by atoms with van der Waals surface area (Å²) >= 11 is 0. The Balaban J connectivity index is 2.80. The van der Waals surface area contributed by atoms with Gasteiger partial charge >= 0.3 is 0 Å². The first-order valence-electron chi connectivity index (χ1n) is 5.62. The first-order valence-corrected chi connectivity index (χ1v) is 5.62. The molecule has 1 aromatic rings. The van der Waals surface area contributed by atoms with Gasteiger partial charge in [0, 0.05) is 32.4 Å². The van der Waals surface area contributed by atoms with Gasteiger partial charge in [-0.2, -0.15) is 0 Å². The molecule has 1 N–H and O–H groups in total. The number of para-hydroxylation sites is 1. The third kappa shape index (κ3) is 3.22. The Morgan fingerprint density at radius 2 is 1.81 bits per heavy atom. The Hall–Kier alpha value is -1.06. The third-order valence-corrected chi connectivity index (χ3v) is 2.91. The molecule has 1 atom stereocenters. The first kappa shape index (κ1) is 13.0. The molecule has 0 fully saturated rings. The van der Waals surface area contributed by atoms with Crippen LogP contribution in [-0.2, 0) is 6.54 Å². The van der Waals surface area contributed by atoms with Gasteiger partial charge in [-0.1, -0.05) is 18.2 Å². The van der Waals surface area contributed by atoms with Gasteiger partial charge in [0.25, 0.3) is 0 Å². The van der Waals surface area contributed by atoms with Crippen LogP contribution in [-0.4, -0.2) is 43.8 Å². The van der Waals surface area contributed by atoms with Gasteiger partial charge in [-0.05, 0) is 25.6 Å². The van der Waals surface area contributed by atoms with Gasteiger partial charge in [0.05, 0.1) is 6.61 Å². The molecule has 0 aliphatic heterocycles. The summed E-state index contributed by atoms with van der Waals surface area (Å²) in [4.78, 5) is 4.27. The zero-order valence-corrected chi connectivity index (χ0v) is 10.6. The molecular weight excluding hydrogens is 200 g/mol. The highest BCUT2D eigenvalue weighted by atomic mass is 16.3. The maximum atomic E-state index is 9.11. The van der Waals surface area contributed by atoms with Crippen LogP contribution < -0.4 is 4.90 Å². The predicted molar refractivity (Wildman–Crippen MR) is 68.8 cm³/mol. The molecule has 0 aliphatic carbocycles.